The maximum Gasteiger partial charge on any atom is 0.329 e. The molecule has 0 aromatic carbocycles. The summed E-state index contributed by atoms with van der Waals surface area (Å²) in [4.78, 5) is -3.20. The second-order valence-electron chi connectivity index (χ2n) is 3.01. The summed E-state index contributed by atoms with van der Waals surface area (Å²) in [5.74, 6) is 0. The van der Waals surface area contributed by atoms with Gasteiger partial charge in [-0.25, -0.2) is 0 Å². The van der Waals surface area contributed by atoms with E-state index in [0.29, 0.717) is 6.61 Å². The van der Waals surface area contributed by atoms with Crippen molar-refractivity contribution >= 4 is 15.9 Å². The van der Waals surface area contributed by atoms with Gasteiger partial charge >= 0.3 is 4.83 Å². The van der Waals surface area contributed by atoms with E-state index in [0.717, 1.165) is 0 Å². The van der Waals surface area contributed by atoms with Gasteiger partial charge in [0, 0.05) is 19.4 Å². The molecule has 1 rings (SSSR count). The van der Waals surface area contributed by atoms with Gasteiger partial charge in [0.2, 0.25) is 0 Å². The quantitative estimate of drug-likeness (QED) is 0.769. The lowest BCUT2D eigenvalue weighted by atomic mass is 9.77. The van der Waals surface area contributed by atoms with Gasteiger partial charge in [-0.3, -0.25) is 0 Å². The molecule has 12 heavy (non-hydrogen) atoms. The van der Waals surface area contributed by atoms with Crippen molar-refractivity contribution in [2.45, 2.75) is 36.3 Å². The van der Waals surface area contributed by atoms with Crippen LogP contribution in [-0.4, -0.2) is 28.3 Å². The third-order valence-corrected chi connectivity index (χ3v) is 2.80. The lowest BCUT2D eigenvalue weighted by Gasteiger charge is -2.45. The molecule has 0 aromatic rings. The molecule has 72 valence electrons. The van der Waals surface area contributed by atoms with E-state index in [1.165, 1.54) is 0 Å². The van der Waals surface area contributed by atoms with Crippen LogP contribution in [0, 0.1) is 0 Å². The summed E-state index contributed by atoms with van der Waals surface area (Å²) in [5, 5.41) is 9.27. The average Bonchev–Trinajstić information content (AvgIpc) is 1.82. The minimum absolute atomic E-state index is 0.000903. The first-order chi connectivity index (χ1) is 5.39. The summed E-state index contributed by atoms with van der Waals surface area (Å²) in [5.41, 5.74) is -1.91. The summed E-state index contributed by atoms with van der Waals surface area (Å²) >= 11 is 2.15. The Kier molecular flexibility index (Phi) is 2.75. The van der Waals surface area contributed by atoms with E-state index >= 15 is 0 Å². The molecular weight excluding hydrogens is 234 g/mol. The largest absolute Gasteiger partial charge is 0.382 e. The molecule has 0 radical (unpaired) electrons. The van der Waals surface area contributed by atoms with Crippen LogP contribution in [0.1, 0.15) is 19.8 Å². The molecule has 0 amide bonds. The molecule has 0 saturated heterocycles. The Labute approximate surface area is 78.0 Å². The summed E-state index contributed by atoms with van der Waals surface area (Å²) in [7, 11) is 0. The molecule has 1 fully saturated rings. The van der Waals surface area contributed by atoms with Crippen molar-refractivity contribution in [1.82, 2.24) is 0 Å². The topological polar surface area (TPSA) is 29.5 Å². The van der Waals surface area contributed by atoms with Crippen LogP contribution in [0.4, 0.5) is 8.78 Å². The summed E-state index contributed by atoms with van der Waals surface area (Å²) in [6, 6.07) is 0. The van der Waals surface area contributed by atoms with Gasteiger partial charge < -0.3 is 9.84 Å². The van der Waals surface area contributed by atoms with Crippen LogP contribution >= 0.6 is 15.9 Å². The zero-order valence-corrected chi connectivity index (χ0v) is 8.27. The molecule has 0 spiro atoms. The zero-order valence-electron chi connectivity index (χ0n) is 6.69. The van der Waals surface area contributed by atoms with Crippen LogP contribution in [0.15, 0.2) is 0 Å². The van der Waals surface area contributed by atoms with Crippen LogP contribution in [0.5, 0.6) is 0 Å². The maximum atomic E-state index is 12.6. The number of aliphatic hydroxyl groups is 1. The van der Waals surface area contributed by atoms with E-state index in [1.807, 2.05) is 0 Å². The highest BCUT2D eigenvalue weighted by Crippen LogP contribution is 2.48. The van der Waals surface area contributed by atoms with Crippen molar-refractivity contribution in [1.29, 1.82) is 0 Å². The summed E-state index contributed by atoms with van der Waals surface area (Å²) in [6.45, 7) is 2.29. The lowest BCUT2D eigenvalue weighted by Crippen LogP contribution is -2.57. The van der Waals surface area contributed by atoms with E-state index in [2.05, 4.69) is 15.9 Å². The number of hydrogen-bond acceptors (Lipinski definition) is 2. The van der Waals surface area contributed by atoms with Gasteiger partial charge in [-0.05, 0) is 22.9 Å². The third kappa shape index (κ3) is 1.78. The Morgan fingerprint density at radius 2 is 2.17 bits per heavy atom. The monoisotopic (exact) mass is 244 g/mol. The Bertz CT molecular complexity index is 163. The highest BCUT2D eigenvalue weighted by atomic mass is 79.9. The number of ether oxygens (including phenoxy) is 1. The smallest absolute Gasteiger partial charge is 0.329 e. The minimum Gasteiger partial charge on any atom is -0.382 e. The van der Waals surface area contributed by atoms with E-state index in [-0.39, 0.29) is 18.9 Å². The third-order valence-electron chi connectivity index (χ3n) is 2.06. The van der Waals surface area contributed by atoms with Gasteiger partial charge in [0.05, 0.1) is 6.10 Å². The predicted molar refractivity (Wildman–Crippen MR) is 43.5 cm³/mol. The summed E-state index contributed by atoms with van der Waals surface area (Å²) in [6.07, 6.45) is -0.221. The predicted octanol–water partition coefficient (Wildman–Crippen LogP) is 1.90. The Morgan fingerprint density at radius 1 is 1.67 bits per heavy atom. The first kappa shape index (κ1) is 10.3. The van der Waals surface area contributed by atoms with Crippen LogP contribution in [0.2, 0.25) is 0 Å². The van der Waals surface area contributed by atoms with E-state index in [9.17, 15) is 13.9 Å². The molecular formula is C7H11BrF2O2. The first-order valence-corrected chi connectivity index (χ1v) is 4.59. The van der Waals surface area contributed by atoms with Gasteiger partial charge in [0.1, 0.15) is 5.60 Å². The van der Waals surface area contributed by atoms with Crippen LogP contribution in [-0.2, 0) is 4.74 Å². The molecule has 0 atom stereocenters. The SMILES string of the molecule is CCOC1CC(O)(C(F)(F)Br)C1. The lowest BCUT2D eigenvalue weighted by molar-refractivity contribution is -0.212. The molecule has 0 aliphatic heterocycles. The highest BCUT2D eigenvalue weighted by Gasteiger charge is 2.59. The number of alkyl halides is 3. The van der Waals surface area contributed by atoms with Crippen molar-refractivity contribution < 1.29 is 18.6 Å². The highest BCUT2D eigenvalue weighted by molar-refractivity contribution is 9.10. The normalized spacial score (nSPS) is 36.2. The Balaban J connectivity index is 2.40. The van der Waals surface area contributed by atoms with E-state index in [1.54, 1.807) is 6.92 Å². The van der Waals surface area contributed by atoms with E-state index in [4.69, 9.17) is 4.74 Å². The van der Waals surface area contributed by atoms with Crippen molar-refractivity contribution in [2.75, 3.05) is 6.61 Å². The standard InChI is InChI=1S/C7H11BrF2O2/c1-2-12-5-3-6(11,4-5)7(8,9)10/h5,11H,2-4H2,1H3. The molecule has 0 unspecified atom stereocenters. The van der Waals surface area contributed by atoms with Crippen molar-refractivity contribution in [3.05, 3.63) is 0 Å². The maximum absolute atomic E-state index is 12.6. The molecule has 1 aliphatic carbocycles. The van der Waals surface area contributed by atoms with Crippen LogP contribution in [0.25, 0.3) is 0 Å². The van der Waals surface area contributed by atoms with Gasteiger partial charge in [0.25, 0.3) is 0 Å². The molecule has 1 N–H and O–H groups in total. The minimum atomic E-state index is -3.20. The fourth-order valence-corrected chi connectivity index (χ4v) is 1.60. The molecule has 0 bridgehead atoms. The average molecular weight is 245 g/mol. The number of halogens is 3. The molecule has 2 nitrogen and oxygen atoms in total. The molecule has 1 aliphatic rings. The molecule has 5 heteroatoms. The van der Waals surface area contributed by atoms with Gasteiger partial charge in [-0.15, -0.1) is 0 Å². The molecule has 0 heterocycles. The van der Waals surface area contributed by atoms with Crippen molar-refractivity contribution in [3.8, 4) is 0 Å². The number of hydrogen-bond donors (Lipinski definition) is 1. The van der Waals surface area contributed by atoms with Crippen LogP contribution < -0.4 is 0 Å². The Hall–Kier alpha value is 0.260. The number of rotatable bonds is 3. The second kappa shape index (κ2) is 3.20. The first-order valence-electron chi connectivity index (χ1n) is 3.80. The van der Waals surface area contributed by atoms with Gasteiger partial charge in [-0.2, -0.15) is 8.78 Å². The van der Waals surface area contributed by atoms with Gasteiger partial charge in [0.15, 0.2) is 0 Å². The van der Waals surface area contributed by atoms with Crippen molar-refractivity contribution in [2.24, 2.45) is 0 Å². The second-order valence-corrected chi connectivity index (χ2v) is 4.01. The Morgan fingerprint density at radius 3 is 2.50 bits per heavy atom. The molecule has 1 saturated carbocycles. The fourth-order valence-electron chi connectivity index (χ4n) is 1.28. The molecule has 0 aromatic heterocycles. The fraction of sp³-hybridized carbons (Fsp3) is 1.00. The zero-order chi connectivity index (χ0) is 9.41. The van der Waals surface area contributed by atoms with Crippen molar-refractivity contribution in [3.63, 3.8) is 0 Å². The van der Waals surface area contributed by atoms with Crippen LogP contribution in [0.3, 0.4) is 0 Å². The summed E-state index contributed by atoms with van der Waals surface area (Å²) < 4.78 is 30.2. The van der Waals surface area contributed by atoms with Gasteiger partial charge in [-0.1, -0.05) is 0 Å². The van der Waals surface area contributed by atoms with E-state index < -0.39 is 10.4 Å².